The number of morpholine rings is 1. The molecule has 0 radical (unpaired) electrons. The molecule has 1 N–H and O–H groups in total. The van der Waals surface area contributed by atoms with Crippen LogP contribution in [0.2, 0.25) is 0 Å². The predicted molar refractivity (Wildman–Crippen MR) is 132 cm³/mol. The summed E-state index contributed by atoms with van der Waals surface area (Å²) in [5.74, 6) is -0.0825. The van der Waals surface area contributed by atoms with Crippen molar-refractivity contribution >= 4 is 21.6 Å². The van der Waals surface area contributed by atoms with Gasteiger partial charge in [-0.2, -0.15) is 0 Å². The Kier molecular flexibility index (Phi) is 8.88. The molecule has 2 aromatic rings. The fourth-order valence-electron chi connectivity index (χ4n) is 3.82. The van der Waals surface area contributed by atoms with Crippen molar-refractivity contribution in [1.82, 2.24) is 10.2 Å². The van der Waals surface area contributed by atoms with Crippen molar-refractivity contribution in [2.45, 2.75) is 39.8 Å². The number of rotatable bonds is 10. The van der Waals surface area contributed by atoms with Crippen LogP contribution in [0.15, 0.2) is 42.5 Å². The molecule has 0 aromatic heterocycles. The Hall–Kier alpha value is -2.42. The van der Waals surface area contributed by atoms with E-state index in [9.17, 15) is 13.2 Å². The molecule has 0 saturated carbocycles. The highest BCUT2D eigenvalue weighted by molar-refractivity contribution is 7.92. The Balaban J connectivity index is 1.44. The van der Waals surface area contributed by atoms with E-state index in [-0.39, 0.29) is 18.9 Å². The van der Waals surface area contributed by atoms with E-state index >= 15 is 0 Å². The van der Waals surface area contributed by atoms with Gasteiger partial charge in [0, 0.05) is 39.1 Å². The van der Waals surface area contributed by atoms with Crippen LogP contribution in [0.1, 0.15) is 35.1 Å². The van der Waals surface area contributed by atoms with E-state index in [0.29, 0.717) is 18.7 Å². The smallest absolute Gasteiger partial charge is 0.232 e. The number of anilines is 1. The molecule has 1 saturated heterocycles. The molecular formula is C25H35N3O4S. The minimum absolute atomic E-state index is 0.0825. The highest BCUT2D eigenvalue weighted by atomic mass is 32.2. The van der Waals surface area contributed by atoms with Gasteiger partial charge in [0.25, 0.3) is 0 Å². The van der Waals surface area contributed by atoms with Gasteiger partial charge in [0.2, 0.25) is 15.9 Å². The Bertz CT molecular complexity index is 1030. The van der Waals surface area contributed by atoms with E-state index in [1.807, 2.05) is 44.2 Å². The fraction of sp³-hybridized carbons (Fsp3) is 0.480. The monoisotopic (exact) mass is 473 g/mol. The maximum absolute atomic E-state index is 12.3. The molecule has 2 aromatic carbocycles. The van der Waals surface area contributed by atoms with Gasteiger partial charge < -0.3 is 10.1 Å². The Morgan fingerprint density at radius 3 is 2.33 bits per heavy atom. The third-order valence-electron chi connectivity index (χ3n) is 5.97. The molecule has 0 unspecified atom stereocenters. The minimum atomic E-state index is -3.42. The van der Waals surface area contributed by atoms with Crippen LogP contribution in [-0.4, -0.2) is 58.3 Å². The second-order valence-corrected chi connectivity index (χ2v) is 10.6. The maximum Gasteiger partial charge on any atom is 0.232 e. The van der Waals surface area contributed by atoms with Crippen LogP contribution in [0, 0.1) is 13.8 Å². The summed E-state index contributed by atoms with van der Waals surface area (Å²) in [7, 11) is -3.42. The molecule has 3 rings (SSSR count). The van der Waals surface area contributed by atoms with Gasteiger partial charge in [-0.05, 0) is 54.7 Å². The molecule has 1 aliphatic heterocycles. The van der Waals surface area contributed by atoms with Crippen LogP contribution in [0.25, 0.3) is 0 Å². The molecule has 7 nitrogen and oxygen atoms in total. The number of carbonyl (C=O) groups is 1. The first kappa shape index (κ1) is 25.2. The quantitative estimate of drug-likeness (QED) is 0.574. The minimum Gasteiger partial charge on any atom is -0.379 e. The molecule has 0 bridgehead atoms. The van der Waals surface area contributed by atoms with Crippen LogP contribution in [0.3, 0.4) is 0 Å². The molecule has 1 amide bonds. The number of hydrogen-bond donors (Lipinski definition) is 1. The number of ether oxygens (including phenoxy) is 1. The molecule has 1 fully saturated rings. The second-order valence-electron chi connectivity index (χ2n) is 8.69. The lowest BCUT2D eigenvalue weighted by Crippen LogP contribution is -2.35. The first-order chi connectivity index (χ1) is 15.7. The van der Waals surface area contributed by atoms with Gasteiger partial charge in [0.05, 0.1) is 25.2 Å². The zero-order valence-corrected chi connectivity index (χ0v) is 20.7. The molecule has 0 aliphatic carbocycles. The molecular weight excluding hydrogens is 438 g/mol. The third-order valence-corrected chi connectivity index (χ3v) is 7.16. The number of sulfonamides is 1. The van der Waals surface area contributed by atoms with Crippen molar-refractivity contribution in [3.63, 3.8) is 0 Å². The zero-order chi connectivity index (χ0) is 23.8. The van der Waals surface area contributed by atoms with Crippen molar-refractivity contribution in [3.05, 3.63) is 64.7 Å². The summed E-state index contributed by atoms with van der Waals surface area (Å²) in [6.45, 7) is 9.08. The SMILES string of the molecule is Cc1ccc(N(CCCC(=O)NCc2ccc(CN3CCOCC3)cc2)S(C)(=O)=O)cc1C. The van der Waals surface area contributed by atoms with E-state index in [1.165, 1.54) is 16.1 Å². The van der Waals surface area contributed by atoms with E-state index in [2.05, 4.69) is 22.3 Å². The van der Waals surface area contributed by atoms with Gasteiger partial charge in [-0.15, -0.1) is 0 Å². The highest BCUT2D eigenvalue weighted by Crippen LogP contribution is 2.21. The number of benzene rings is 2. The lowest BCUT2D eigenvalue weighted by Gasteiger charge is -2.26. The fourth-order valence-corrected chi connectivity index (χ4v) is 4.78. The molecule has 0 atom stereocenters. The van der Waals surface area contributed by atoms with Crippen molar-refractivity contribution in [2.75, 3.05) is 43.4 Å². The van der Waals surface area contributed by atoms with Gasteiger partial charge in [-0.3, -0.25) is 14.0 Å². The Morgan fingerprint density at radius 1 is 1.03 bits per heavy atom. The summed E-state index contributed by atoms with van der Waals surface area (Å²) >= 11 is 0. The topological polar surface area (TPSA) is 79.0 Å². The second kappa shape index (κ2) is 11.6. The first-order valence-electron chi connectivity index (χ1n) is 11.4. The van der Waals surface area contributed by atoms with E-state index in [4.69, 9.17) is 4.74 Å². The molecule has 33 heavy (non-hydrogen) atoms. The van der Waals surface area contributed by atoms with Gasteiger partial charge >= 0.3 is 0 Å². The number of hydrogen-bond acceptors (Lipinski definition) is 5. The largest absolute Gasteiger partial charge is 0.379 e. The van der Waals surface area contributed by atoms with Crippen LogP contribution in [0.4, 0.5) is 5.69 Å². The number of carbonyl (C=O) groups excluding carboxylic acids is 1. The molecule has 0 spiro atoms. The van der Waals surface area contributed by atoms with E-state index in [0.717, 1.165) is 49.5 Å². The number of nitrogens with one attached hydrogen (secondary N) is 1. The van der Waals surface area contributed by atoms with Crippen molar-refractivity contribution < 1.29 is 17.9 Å². The van der Waals surface area contributed by atoms with Gasteiger partial charge in [-0.1, -0.05) is 30.3 Å². The molecule has 1 aliphatic rings. The molecule has 180 valence electrons. The molecule has 8 heteroatoms. The van der Waals surface area contributed by atoms with Crippen LogP contribution in [0.5, 0.6) is 0 Å². The Morgan fingerprint density at radius 2 is 1.70 bits per heavy atom. The summed E-state index contributed by atoms with van der Waals surface area (Å²) in [5.41, 5.74) is 5.08. The van der Waals surface area contributed by atoms with Crippen LogP contribution < -0.4 is 9.62 Å². The Labute approximate surface area is 197 Å². The van der Waals surface area contributed by atoms with Gasteiger partial charge in [0.15, 0.2) is 0 Å². The van der Waals surface area contributed by atoms with E-state index in [1.54, 1.807) is 0 Å². The first-order valence-corrected chi connectivity index (χ1v) is 13.3. The number of aryl methyl sites for hydroxylation is 2. The number of amides is 1. The van der Waals surface area contributed by atoms with Gasteiger partial charge in [-0.25, -0.2) is 8.42 Å². The highest BCUT2D eigenvalue weighted by Gasteiger charge is 2.18. The normalized spacial score (nSPS) is 14.8. The van der Waals surface area contributed by atoms with Gasteiger partial charge in [0.1, 0.15) is 0 Å². The van der Waals surface area contributed by atoms with E-state index < -0.39 is 10.0 Å². The van der Waals surface area contributed by atoms with Crippen molar-refractivity contribution in [2.24, 2.45) is 0 Å². The average molecular weight is 474 g/mol. The third kappa shape index (κ3) is 7.84. The van der Waals surface area contributed by atoms with Crippen molar-refractivity contribution in [1.29, 1.82) is 0 Å². The predicted octanol–water partition coefficient (Wildman–Crippen LogP) is 3.00. The average Bonchev–Trinajstić information content (AvgIpc) is 2.78. The maximum atomic E-state index is 12.3. The summed E-state index contributed by atoms with van der Waals surface area (Å²) in [5, 5.41) is 2.93. The zero-order valence-electron chi connectivity index (χ0n) is 19.8. The summed E-state index contributed by atoms with van der Waals surface area (Å²) in [6.07, 6.45) is 1.92. The summed E-state index contributed by atoms with van der Waals surface area (Å²) < 4.78 is 31.3. The lowest BCUT2D eigenvalue weighted by atomic mass is 10.1. The lowest BCUT2D eigenvalue weighted by molar-refractivity contribution is -0.121. The standard InChI is InChI=1S/C25H35N3O4S/c1-20-6-11-24(17-21(20)2)28(33(3,30)31)12-4-5-25(29)26-18-22-7-9-23(10-8-22)19-27-13-15-32-16-14-27/h6-11,17H,4-5,12-16,18-19H2,1-3H3,(H,26,29). The van der Waals surface area contributed by atoms with Crippen molar-refractivity contribution in [3.8, 4) is 0 Å². The molecule has 1 heterocycles. The van der Waals surface area contributed by atoms with Crippen LogP contribution >= 0.6 is 0 Å². The van der Waals surface area contributed by atoms with Crippen LogP contribution in [-0.2, 0) is 32.6 Å². The summed E-state index contributed by atoms with van der Waals surface area (Å²) in [6, 6.07) is 13.9. The number of nitrogens with zero attached hydrogens (tertiary/aromatic N) is 2. The summed E-state index contributed by atoms with van der Waals surface area (Å²) in [4.78, 5) is 14.7.